The first-order valence-electron chi connectivity index (χ1n) is 5.31. The minimum absolute atomic E-state index is 0.00720. The van der Waals surface area contributed by atoms with Crippen molar-refractivity contribution in [2.24, 2.45) is 5.73 Å². The van der Waals surface area contributed by atoms with Crippen molar-refractivity contribution in [3.8, 4) is 0 Å². The predicted molar refractivity (Wildman–Crippen MR) is 68.0 cm³/mol. The van der Waals surface area contributed by atoms with Crippen molar-refractivity contribution in [2.45, 2.75) is 26.3 Å². The minimum Gasteiger partial charge on any atom is -0.361 e. The quantitative estimate of drug-likeness (QED) is 0.795. The Morgan fingerprint density at radius 3 is 2.88 bits per heavy atom. The largest absolute Gasteiger partial charge is 0.361 e. The number of carbonyl (C=O) groups excluding carboxylic acids is 1. The molecule has 1 aromatic rings. The van der Waals surface area contributed by atoms with Gasteiger partial charge < -0.3 is 10.7 Å². The lowest BCUT2D eigenvalue weighted by atomic mass is 10.0. The Hall–Kier alpha value is -1.61. The number of rotatable bonds is 5. The molecule has 0 aliphatic rings. The molecule has 1 heterocycles. The van der Waals surface area contributed by atoms with Crippen LogP contribution < -0.4 is 5.73 Å². The van der Waals surface area contributed by atoms with E-state index in [0.29, 0.717) is 6.42 Å². The zero-order chi connectivity index (χ0) is 12.1. The van der Waals surface area contributed by atoms with Gasteiger partial charge in [-0.2, -0.15) is 0 Å². The Morgan fingerprint density at radius 1 is 1.69 bits per heavy atom. The molecular weight excluding hydrogens is 200 g/mol. The fraction of sp³-hybridized carbons (Fsp3) is 0.308. The van der Waals surface area contributed by atoms with Crippen LogP contribution in [0.15, 0.2) is 18.9 Å². The number of H-pyrrole nitrogens is 1. The average Bonchev–Trinajstić information content (AvgIpc) is 2.61. The third kappa shape index (κ3) is 2.70. The van der Waals surface area contributed by atoms with Gasteiger partial charge in [-0.25, -0.2) is 0 Å². The van der Waals surface area contributed by atoms with Crippen molar-refractivity contribution in [2.75, 3.05) is 0 Å². The van der Waals surface area contributed by atoms with E-state index in [-0.39, 0.29) is 5.78 Å². The number of hydrogen-bond donors (Lipinski definition) is 2. The Labute approximate surface area is 96.0 Å². The molecule has 0 aliphatic heterocycles. The summed E-state index contributed by atoms with van der Waals surface area (Å²) < 4.78 is 0. The fourth-order valence-corrected chi connectivity index (χ4v) is 1.58. The minimum atomic E-state index is -0.433. The van der Waals surface area contributed by atoms with Crippen molar-refractivity contribution in [3.63, 3.8) is 0 Å². The molecule has 0 aliphatic carbocycles. The van der Waals surface area contributed by atoms with Crippen molar-refractivity contribution >= 4 is 17.9 Å². The average molecular weight is 218 g/mol. The van der Waals surface area contributed by atoms with Gasteiger partial charge in [0.15, 0.2) is 0 Å². The number of aromatic nitrogens is 1. The highest BCUT2D eigenvalue weighted by molar-refractivity contribution is 5.81. The van der Waals surface area contributed by atoms with E-state index in [4.69, 9.17) is 5.73 Å². The zero-order valence-electron chi connectivity index (χ0n) is 9.79. The van der Waals surface area contributed by atoms with Crippen LogP contribution in [0.5, 0.6) is 0 Å². The summed E-state index contributed by atoms with van der Waals surface area (Å²) in [5.41, 5.74) is 8.83. The van der Waals surface area contributed by atoms with E-state index in [1.165, 1.54) is 6.92 Å². The van der Waals surface area contributed by atoms with Gasteiger partial charge in [-0.1, -0.05) is 18.7 Å². The first kappa shape index (κ1) is 12.5. The monoisotopic (exact) mass is 218 g/mol. The highest BCUT2D eigenvalue weighted by Gasteiger charge is 2.13. The number of nitrogens with one attached hydrogen (secondary N) is 1. The fourth-order valence-electron chi connectivity index (χ4n) is 1.58. The van der Waals surface area contributed by atoms with E-state index in [1.54, 1.807) is 6.08 Å². The second kappa shape index (κ2) is 5.47. The van der Waals surface area contributed by atoms with Crippen LogP contribution in [0.2, 0.25) is 0 Å². The van der Waals surface area contributed by atoms with Gasteiger partial charge in [0.1, 0.15) is 5.78 Å². The van der Waals surface area contributed by atoms with E-state index in [9.17, 15) is 4.79 Å². The summed E-state index contributed by atoms with van der Waals surface area (Å²) in [5, 5.41) is 0. The van der Waals surface area contributed by atoms with Crippen LogP contribution in [-0.4, -0.2) is 16.8 Å². The first-order valence-corrected chi connectivity index (χ1v) is 5.31. The standard InChI is InChI=1S/C13H18N2O/c1-4-6-11-10(7-12(14)9(3)16)8-15-13(11)5-2/h4-6,8,12,15H,2,7,14H2,1,3H3/b6-4-/t12-/m0/s1. The van der Waals surface area contributed by atoms with Crippen LogP contribution in [-0.2, 0) is 11.2 Å². The predicted octanol–water partition coefficient (Wildman–Crippen LogP) is 2.15. The molecule has 0 saturated heterocycles. The lowest BCUT2D eigenvalue weighted by molar-refractivity contribution is -0.118. The molecule has 1 aromatic heterocycles. The molecule has 0 saturated carbocycles. The molecule has 0 fully saturated rings. The van der Waals surface area contributed by atoms with E-state index in [1.807, 2.05) is 25.3 Å². The van der Waals surface area contributed by atoms with E-state index < -0.39 is 6.04 Å². The van der Waals surface area contributed by atoms with Crippen molar-refractivity contribution < 1.29 is 4.79 Å². The molecule has 1 rings (SSSR count). The highest BCUT2D eigenvalue weighted by atomic mass is 16.1. The summed E-state index contributed by atoms with van der Waals surface area (Å²) in [6.07, 6.45) is 8.15. The zero-order valence-corrected chi connectivity index (χ0v) is 9.79. The molecule has 1 atom stereocenters. The first-order chi connectivity index (χ1) is 7.60. The van der Waals surface area contributed by atoms with E-state index in [0.717, 1.165) is 16.8 Å². The number of nitrogens with two attached hydrogens (primary N) is 1. The SMILES string of the molecule is C=Cc1[nH]cc(C[C@H](N)C(C)=O)c1/C=C\C. The Kier molecular flexibility index (Phi) is 4.26. The summed E-state index contributed by atoms with van der Waals surface area (Å²) in [6.45, 7) is 7.21. The Bertz CT molecular complexity index is 416. The Morgan fingerprint density at radius 2 is 2.38 bits per heavy atom. The van der Waals surface area contributed by atoms with Crippen LogP contribution >= 0.6 is 0 Å². The van der Waals surface area contributed by atoms with Crippen LogP contribution in [0.25, 0.3) is 12.2 Å². The summed E-state index contributed by atoms with van der Waals surface area (Å²) in [4.78, 5) is 14.2. The third-order valence-corrected chi connectivity index (χ3v) is 2.54. The van der Waals surface area contributed by atoms with Crippen LogP contribution in [0.4, 0.5) is 0 Å². The molecule has 3 nitrogen and oxygen atoms in total. The van der Waals surface area contributed by atoms with Gasteiger partial charge in [0.2, 0.25) is 0 Å². The molecule has 0 radical (unpaired) electrons. The number of ketones is 1. The summed E-state index contributed by atoms with van der Waals surface area (Å²) >= 11 is 0. The second-order valence-electron chi connectivity index (χ2n) is 3.77. The molecular formula is C13H18N2O. The van der Waals surface area contributed by atoms with Gasteiger partial charge in [-0.15, -0.1) is 0 Å². The highest BCUT2D eigenvalue weighted by Crippen LogP contribution is 2.18. The molecule has 16 heavy (non-hydrogen) atoms. The normalized spacial score (nSPS) is 12.9. The molecule has 3 heteroatoms. The molecule has 3 N–H and O–H groups in total. The number of carbonyl (C=O) groups is 1. The number of hydrogen-bond acceptors (Lipinski definition) is 2. The molecule has 0 unspecified atom stereocenters. The van der Waals surface area contributed by atoms with Gasteiger partial charge in [0.05, 0.1) is 6.04 Å². The third-order valence-electron chi connectivity index (χ3n) is 2.54. The van der Waals surface area contributed by atoms with Gasteiger partial charge >= 0.3 is 0 Å². The van der Waals surface area contributed by atoms with Gasteiger partial charge in [-0.05, 0) is 31.9 Å². The van der Waals surface area contributed by atoms with Crippen LogP contribution in [0, 0.1) is 0 Å². The number of allylic oxidation sites excluding steroid dienone is 1. The van der Waals surface area contributed by atoms with Crippen LogP contribution in [0.3, 0.4) is 0 Å². The summed E-state index contributed by atoms with van der Waals surface area (Å²) in [5.74, 6) is 0.00720. The lowest BCUT2D eigenvalue weighted by Crippen LogP contribution is -2.30. The molecule has 0 spiro atoms. The maximum atomic E-state index is 11.1. The van der Waals surface area contributed by atoms with Crippen molar-refractivity contribution in [1.29, 1.82) is 0 Å². The van der Waals surface area contributed by atoms with Gasteiger partial charge in [0.25, 0.3) is 0 Å². The molecule has 0 aromatic carbocycles. The second-order valence-corrected chi connectivity index (χ2v) is 3.77. The summed E-state index contributed by atoms with van der Waals surface area (Å²) in [7, 11) is 0. The lowest BCUT2D eigenvalue weighted by Gasteiger charge is -2.07. The van der Waals surface area contributed by atoms with Crippen molar-refractivity contribution in [1.82, 2.24) is 4.98 Å². The maximum absolute atomic E-state index is 11.1. The number of Topliss-reactive ketones (excluding diaryl/α,β-unsaturated/α-hetero) is 1. The van der Waals surface area contributed by atoms with E-state index >= 15 is 0 Å². The summed E-state index contributed by atoms with van der Waals surface area (Å²) in [6, 6.07) is -0.433. The Balaban J connectivity index is 3.00. The maximum Gasteiger partial charge on any atom is 0.146 e. The van der Waals surface area contributed by atoms with Crippen LogP contribution in [0.1, 0.15) is 30.7 Å². The van der Waals surface area contributed by atoms with Gasteiger partial charge in [0, 0.05) is 17.5 Å². The smallest absolute Gasteiger partial charge is 0.146 e. The topological polar surface area (TPSA) is 58.9 Å². The van der Waals surface area contributed by atoms with Gasteiger partial charge in [-0.3, -0.25) is 4.79 Å². The molecule has 0 amide bonds. The molecule has 0 bridgehead atoms. The van der Waals surface area contributed by atoms with E-state index in [2.05, 4.69) is 11.6 Å². The molecule has 86 valence electrons. The number of aromatic amines is 1. The van der Waals surface area contributed by atoms with Crippen molar-refractivity contribution in [3.05, 3.63) is 35.7 Å².